The van der Waals surface area contributed by atoms with Gasteiger partial charge in [-0.3, -0.25) is 14.2 Å². The predicted octanol–water partition coefficient (Wildman–Crippen LogP) is 2.46. The Kier molecular flexibility index (Phi) is 4.96. The first-order valence-corrected chi connectivity index (χ1v) is 9.55. The van der Waals surface area contributed by atoms with Gasteiger partial charge in [0.25, 0.3) is 5.56 Å². The number of carbonyl (C=O) groups excluding carboxylic acids is 1. The summed E-state index contributed by atoms with van der Waals surface area (Å²) in [6, 6.07) is 14.1. The van der Waals surface area contributed by atoms with Crippen molar-refractivity contribution in [2.24, 2.45) is 0 Å². The predicted molar refractivity (Wildman–Crippen MR) is 112 cm³/mol. The first kappa shape index (κ1) is 18.6. The fraction of sp³-hybridized carbons (Fsp3) is 0.100. The minimum atomic E-state index is -0.641. The van der Waals surface area contributed by atoms with Gasteiger partial charge in [-0.25, -0.2) is 9.78 Å². The molecule has 0 unspecified atom stereocenters. The minimum Gasteiger partial charge on any atom is -0.496 e. The Morgan fingerprint density at radius 1 is 1.17 bits per heavy atom. The van der Waals surface area contributed by atoms with Gasteiger partial charge in [0.2, 0.25) is 5.91 Å². The highest BCUT2D eigenvalue weighted by molar-refractivity contribution is 7.14. The maximum Gasteiger partial charge on any atom is 0.329 e. The number of nitrogens with one attached hydrogen (secondary N) is 2. The lowest BCUT2D eigenvalue weighted by Crippen LogP contribution is -2.38. The first-order valence-electron chi connectivity index (χ1n) is 8.67. The van der Waals surface area contributed by atoms with Gasteiger partial charge in [0.05, 0.1) is 23.7 Å². The van der Waals surface area contributed by atoms with E-state index in [0.717, 1.165) is 10.1 Å². The molecule has 2 aromatic carbocycles. The van der Waals surface area contributed by atoms with Crippen LogP contribution in [0.2, 0.25) is 0 Å². The van der Waals surface area contributed by atoms with E-state index in [4.69, 9.17) is 4.74 Å². The van der Waals surface area contributed by atoms with Crippen LogP contribution in [0.1, 0.15) is 0 Å². The van der Waals surface area contributed by atoms with Crippen molar-refractivity contribution >= 4 is 33.3 Å². The van der Waals surface area contributed by atoms with Gasteiger partial charge in [0.1, 0.15) is 12.3 Å². The van der Waals surface area contributed by atoms with Gasteiger partial charge in [-0.05, 0) is 24.3 Å². The van der Waals surface area contributed by atoms with E-state index in [0.29, 0.717) is 27.5 Å². The standard InChI is InChI=1S/C20H16N4O4S/c1-28-16-9-5-3-6-12(16)15-11-29-19(21-15)23-17(25)10-24-18(26)13-7-2-4-8-14(13)22-20(24)27/h2-9,11H,10H2,1H3,(H,22,27)(H,21,23,25). The number of nitrogens with zero attached hydrogens (tertiary/aromatic N) is 2. The van der Waals surface area contributed by atoms with Crippen molar-refractivity contribution in [3.05, 3.63) is 74.7 Å². The fourth-order valence-corrected chi connectivity index (χ4v) is 3.68. The Morgan fingerprint density at radius 3 is 2.76 bits per heavy atom. The third-order valence-corrected chi connectivity index (χ3v) is 5.08. The molecule has 1 amide bonds. The Morgan fingerprint density at radius 2 is 1.93 bits per heavy atom. The van der Waals surface area contributed by atoms with Gasteiger partial charge in [-0.1, -0.05) is 24.3 Å². The van der Waals surface area contributed by atoms with E-state index in [1.54, 1.807) is 36.8 Å². The third kappa shape index (κ3) is 3.67. The zero-order chi connectivity index (χ0) is 20.4. The van der Waals surface area contributed by atoms with E-state index in [9.17, 15) is 14.4 Å². The number of ether oxygens (including phenoxy) is 1. The van der Waals surface area contributed by atoms with Crippen LogP contribution in [-0.2, 0) is 11.3 Å². The number of para-hydroxylation sites is 2. The molecule has 0 aliphatic rings. The zero-order valence-corrected chi connectivity index (χ0v) is 16.2. The molecule has 0 bridgehead atoms. The SMILES string of the molecule is COc1ccccc1-c1csc(NC(=O)Cn2c(=O)[nH]c3ccccc3c2=O)n1. The topological polar surface area (TPSA) is 106 Å². The molecule has 0 atom stereocenters. The summed E-state index contributed by atoms with van der Waals surface area (Å²) in [5, 5.41) is 5.13. The van der Waals surface area contributed by atoms with Crippen molar-refractivity contribution < 1.29 is 9.53 Å². The summed E-state index contributed by atoms with van der Waals surface area (Å²) < 4.78 is 6.20. The molecule has 146 valence electrons. The van der Waals surface area contributed by atoms with Crippen LogP contribution in [0.15, 0.2) is 63.5 Å². The summed E-state index contributed by atoms with van der Waals surface area (Å²) in [4.78, 5) is 44.2. The number of methoxy groups -OCH3 is 1. The van der Waals surface area contributed by atoms with Gasteiger partial charge >= 0.3 is 5.69 Å². The number of thiazole rings is 1. The van der Waals surface area contributed by atoms with Crippen molar-refractivity contribution in [2.45, 2.75) is 6.54 Å². The van der Waals surface area contributed by atoms with Crippen LogP contribution < -0.4 is 21.3 Å². The fourth-order valence-electron chi connectivity index (χ4n) is 2.96. The molecule has 2 heterocycles. The van der Waals surface area contributed by atoms with Crippen LogP contribution >= 0.6 is 11.3 Å². The second-order valence-corrected chi connectivity index (χ2v) is 7.01. The minimum absolute atomic E-state index is 0.340. The second kappa shape index (κ2) is 7.72. The van der Waals surface area contributed by atoms with Gasteiger partial charge in [0.15, 0.2) is 5.13 Å². The van der Waals surface area contributed by atoms with Crippen molar-refractivity contribution in [1.82, 2.24) is 14.5 Å². The summed E-state index contributed by atoms with van der Waals surface area (Å²) in [6.45, 7) is -0.414. The average Bonchev–Trinajstić information content (AvgIpc) is 3.19. The normalized spacial score (nSPS) is 10.8. The molecule has 0 saturated heterocycles. The third-order valence-electron chi connectivity index (χ3n) is 4.32. The lowest BCUT2D eigenvalue weighted by atomic mass is 10.1. The van der Waals surface area contributed by atoms with E-state index in [1.807, 2.05) is 24.3 Å². The number of aromatic amines is 1. The van der Waals surface area contributed by atoms with Crippen LogP contribution in [0.25, 0.3) is 22.2 Å². The molecule has 0 fully saturated rings. The number of carbonyl (C=O) groups is 1. The molecule has 0 aliphatic carbocycles. The summed E-state index contributed by atoms with van der Waals surface area (Å²) in [6.07, 6.45) is 0. The highest BCUT2D eigenvalue weighted by Crippen LogP contribution is 2.31. The monoisotopic (exact) mass is 408 g/mol. The number of hydrogen-bond donors (Lipinski definition) is 2. The van der Waals surface area contributed by atoms with E-state index in [2.05, 4.69) is 15.3 Å². The Bertz CT molecular complexity index is 1320. The van der Waals surface area contributed by atoms with Crippen LogP contribution in [-0.4, -0.2) is 27.6 Å². The number of anilines is 1. The number of amides is 1. The molecular formula is C20H16N4O4S. The highest BCUT2D eigenvalue weighted by Gasteiger charge is 2.14. The van der Waals surface area contributed by atoms with Crippen molar-refractivity contribution in [1.29, 1.82) is 0 Å². The number of H-pyrrole nitrogens is 1. The van der Waals surface area contributed by atoms with Crippen molar-refractivity contribution in [2.75, 3.05) is 12.4 Å². The molecule has 4 aromatic rings. The lowest BCUT2D eigenvalue weighted by Gasteiger charge is -2.06. The van der Waals surface area contributed by atoms with Crippen molar-refractivity contribution in [3.8, 4) is 17.0 Å². The van der Waals surface area contributed by atoms with E-state index >= 15 is 0 Å². The first-order chi connectivity index (χ1) is 14.1. The maximum absolute atomic E-state index is 12.5. The molecule has 29 heavy (non-hydrogen) atoms. The Balaban J connectivity index is 1.56. The van der Waals surface area contributed by atoms with E-state index in [1.165, 1.54) is 11.3 Å². The van der Waals surface area contributed by atoms with E-state index < -0.39 is 23.7 Å². The molecule has 0 radical (unpaired) electrons. The Hall–Kier alpha value is -3.72. The summed E-state index contributed by atoms with van der Waals surface area (Å²) in [7, 11) is 1.58. The van der Waals surface area contributed by atoms with Gasteiger partial charge in [-0.15, -0.1) is 11.3 Å². The molecule has 2 N–H and O–H groups in total. The molecule has 9 heteroatoms. The maximum atomic E-state index is 12.5. The van der Waals surface area contributed by atoms with Gasteiger partial charge in [-0.2, -0.15) is 0 Å². The van der Waals surface area contributed by atoms with Crippen LogP contribution in [0.3, 0.4) is 0 Å². The lowest BCUT2D eigenvalue weighted by molar-refractivity contribution is -0.116. The molecular weight excluding hydrogens is 392 g/mol. The number of fused-ring (bicyclic) bond motifs is 1. The summed E-state index contributed by atoms with van der Waals surface area (Å²) in [5.74, 6) is 0.152. The summed E-state index contributed by atoms with van der Waals surface area (Å²) in [5.41, 5.74) is 0.726. The van der Waals surface area contributed by atoms with Crippen LogP contribution in [0.4, 0.5) is 5.13 Å². The average molecular weight is 408 g/mol. The molecule has 2 aromatic heterocycles. The summed E-state index contributed by atoms with van der Waals surface area (Å²) >= 11 is 1.24. The number of benzene rings is 2. The molecule has 4 rings (SSSR count). The molecule has 0 saturated carbocycles. The van der Waals surface area contributed by atoms with Crippen LogP contribution in [0, 0.1) is 0 Å². The zero-order valence-electron chi connectivity index (χ0n) is 15.3. The van der Waals surface area contributed by atoms with E-state index in [-0.39, 0.29) is 0 Å². The van der Waals surface area contributed by atoms with Crippen molar-refractivity contribution in [3.63, 3.8) is 0 Å². The second-order valence-electron chi connectivity index (χ2n) is 6.15. The molecule has 0 spiro atoms. The number of aromatic nitrogens is 3. The van der Waals surface area contributed by atoms with Crippen LogP contribution in [0.5, 0.6) is 5.75 Å². The largest absolute Gasteiger partial charge is 0.496 e. The molecule has 8 nitrogen and oxygen atoms in total. The smallest absolute Gasteiger partial charge is 0.329 e. The Labute approximate surface area is 168 Å². The number of rotatable bonds is 5. The molecule has 0 aliphatic heterocycles. The number of hydrogen-bond acceptors (Lipinski definition) is 6. The van der Waals surface area contributed by atoms with Gasteiger partial charge in [0, 0.05) is 10.9 Å². The van der Waals surface area contributed by atoms with Gasteiger partial charge < -0.3 is 15.0 Å². The highest BCUT2D eigenvalue weighted by atomic mass is 32.1. The quantitative estimate of drug-likeness (QED) is 0.528.